The van der Waals surface area contributed by atoms with E-state index in [4.69, 9.17) is 18.9 Å². The lowest BCUT2D eigenvalue weighted by molar-refractivity contribution is -0.317. The summed E-state index contributed by atoms with van der Waals surface area (Å²) in [5, 5.41) is 15.3. The Bertz CT molecular complexity index is 2480. The highest BCUT2D eigenvalue weighted by Crippen LogP contribution is 2.49. The maximum Gasteiger partial charge on any atom is 0.447 e. The van der Waals surface area contributed by atoms with E-state index >= 15 is 0 Å². The average Bonchev–Trinajstić information content (AvgIpc) is 3.73. The molecule has 27 heteroatoms. The third-order valence-corrected chi connectivity index (χ3v) is 12.8. The Balaban J connectivity index is 0.000000398. The topological polar surface area (TPSA) is 159 Å². The van der Waals surface area contributed by atoms with E-state index in [1.54, 1.807) is 33.0 Å². The second-order valence-electron chi connectivity index (χ2n) is 20.2. The largest absolute Gasteiger partial charge is 0.447 e. The molecule has 12 nitrogen and oxygen atoms in total. The quantitative estimate of drug-likeness (QED) is 0.0403. The lowest BCUT2D eigenvalue weighted by Gasteiger charge is -2.41. The molecule has 2 fully saturated rings. The van der Waals surface area contributed by atoms with Gasteiger partial charge < -0.3 is 39.2 Å². The molecule has 1 aliphatic carbocycles. The number of ether oxygens (including phenoxy) is 5. The first-order chi connectivity index (χ1) is 37.0. The molecule has 3 aromatic carbocycles. The monoisotopic (exact) mass is 1210 g/mol. The van der Waals surface area contributed by atoms with Crippen molar-refractivity contribution in [3.63, 3.8) is 0 Å². The predicted octanol–water partition coefficient (Wildman–Crippen LogP) is 13.6. The van der Waals surface area contributed by atoms with E-state index in [1.807, 2.05) is 0 Å². The van der Waals surface area contributed by atoms with Crippen LogP contribution in [0.3, 0.4) is 0 Å². The van der Waals surface area contributed by atoms with Crippen molar-refractivity contribution < 1.29 is 113 Å². The molecule has 0 aromatic heterocycles. The van der Waals surface area contributed by atoms with Gasteiger partial charge in [-0.2, -0.15) is 69.9 Å². The van der Waals surface area contributed by atoms with E-state index in [0.29, 0.717) is 50.2 Å². The highest BCUT2D eigenvalue weighted by molar-refractivity contribution is 7.88. The molecule has 1 aliphatic heterocycles. The van der Waals surface area contributed by atoms with Crippen LogP contribution in [0.5, 0.6) is 0 Å². The summed E-state index contributed by atoms with van der Waals surface area (Å²) in [6, 6.07) is 18.3. The number of aryl methyl sites for hydroxylation is 1. The van der Waals surface area contributed by atoms with Crippen LogP contribution in [-0.2, 0) is 62.2 Å². The number of carbonyl (C=O) groups is 1. The summed E-state index contributed by atoms with van der Waals surface area (Å²) < 4.78 is 232. The molecule has 0 radical (unpaired) electrons. The fourth-order valence-corrected chi connectivity index (χ4v) is 8.07. The number of hydrogen-bond donors (Lipinski definition) is 3. The van der Waals surface area contributed by atoms with Gasteiger partial charge in [-0.3, -0.25) is 8.98 Å². The molecule has 3 N–H and O–H groups in total. The van der Waals surface area contributed by atoms with Crippen molar-refractivity contribution in [2.24, 2.45) is 5.92 Å². The number of benzene rings is 3. The fourth-order valence-electron chi connectivity index (χ4n) is 7.15. The predicted molar refractivity (Wildman–Crippen MR) is 272 cm³/mol. The first-order valence-electron chi connectivity index (χ1n) is 24.9. The highest BCUT2D eigenvalue weighted by Gasteiger charge is 2.63. The van der Waals surface area contributed by atoms with Crippen LogP contribution in [0.25, 0.3) is 6.08 Å². The second kappa shape index (κ2) is 30.7. The summed E-state index contributed by atoms with van der Waals surface area (Å²) in [6.45, 7) is 17.0. The summed E-state index contributed by atoms with van der Waals surface area (Å²) in [6.07, 6.45) is -22.6. The van der Waals surface area contributed by atoms with Crippen molar-refractivity contribution in [3.8, 4) is 0 Å². The van der Waals surface area contributed by atoms with E-state index in [0.717, 1.165) is 12.1 Å². The lowest BCUT2D eigenvalue weighted by Crippen LogP contribution is -2.55. The number of halogens is 14. The van der Waals surface area contributed by atoms with Crippen LogP contribution in [0.1, 0.15) is 107 Å². The Morgan fingerprint density at radius 3 is 1.64 bits per heavy atom. The number of nitrogens with one attached hydrogen (secondary N) is 1. The number of alkyl halides is 14. The van der Waals surface area contributed by atoms with Crippen molar-refractivity contribution in [2.75, 3.05) is 38.4 Å². The normalized spacial score (nSPS) is 16.8. The van der Waals surface area contributed by atoms with Crippen LogP contribution in [0.15, 0.2) is 91.5 Å². The Labute approximate surface area is 461 Å². The zero-order valence-electron chi connectivity index (χ0n) is 45.3. The minimum absolute atomic E-state index is 0.0191. The zero-order chi connectivity index (χ0) is 61.9. The molecule has 1 saturated heterocycles. The number of amides is 1. The number of hydrogen-bond acceptors (Lipinski definition) is 11. The number of carbonyl (C=O) groups excluding carboxylic acids is 1. The van der Waals surface area contributed by atoms with Gasteiger partial charge in [0, 0.05) is 37.7 Å². The fraction of sp³-hybridized carbons (Fsp3) is 0.574. The molecule has 5 rings (SSSR count). The zero-order valence-corrected chi connectivity index (χ0v) is 46.1. The summed E-state index contributed by atoms with van der Waals surface area (Å²) in [5.41, 5.74) is 1.52. The molecule has 1 saturated carbocycles. The second-order valence-corrected chi connectivity index (χ2v) is 21.8. The SMILES string of the molecule is C=C(C)CC(OCC(F)(F)F)C(F)(F)F.C=Cc1ccc(NC(=O)C(F)(F)S(=O)(=O)OC(C2CCCC23OCCCO3)C(F)(F)F)cc1.CC(C)(O)CCOCc1ccc(C(F)(F)F)cc1.Cc1ccc(COCCC(C)(C)O)cc1. The molecule has 3 unspecified atom stereocenters. The number of rotatable bonds is 21. The van der Waals surface area contributed by atoms with E-state index in [-0.39, 0.29) is 50.3 Å². The van der Waals surface area contributed by atoms with Crippen LogP contribution in [0.2, 0.25) is 0 Å². The van der Waals surface area contributed by atoms with Crippen molar-refractivity contribution in [1.82, 2.24) is 0 Å². The van der Waals surface area contributed by atoms with Crippen molar-refractivity contribution in [1.29, 1.82) is 0 Å². The smallest absolute Gasteiger partial charge is 0.390 e. The molecule has 1 amide bonds. The van der Waals surface area contributed by atoms with E-state index in [2.05, 4.69) is 53.3 Å². The summed E-state index contributed by atoms with van der Waals surface area (Å²) >= 11 is 0. The molecule has 81 heavy (non-hydrogen) atoms. The Morgan fingerprint density at radius 1 is 0.753 bits per heavy atom. The molecule has 1 spiro atoms. The first-order valence-corrected chi connectivity index (χ1v) is 26.3. The lowest BCUT2D eigenvalue weighted by atomic mass is 9.94. The van der Waals surface area contributed by atoms with Crippen LogP contribution >= 0.6 is 0 Å². The van der Waals surface area contributed by atoms with Crippen molar-refractivity contribution in [2.45, 2.75) is 159 Å². The van der Waals surface area contributed by atoms with Gasteiger partial charge in [0.1, 0.15) is 6.61 Å². The van der Waals surface area contributed by atoms with Gasteiger partial charge >= 0.3 is 46.0 Å². The summed E-state index contributed by atoms with van der Waals surface area (Å²) in [7, 11) is -6.36. The number of anilines is 1. The van der Waals surface area contributed by atoms with Gasteiger partial charge in [0.05, 0.1) is 43.2 Å². The standard InChI is InChI=1S/C20H22F5NO6S.C13H17F3O2.C13H20O2.C8H10F6O/c1-2-13-6-8-14(9-7-13)26-17(27)20(24,25)33(28,29)32-16(19(21,22)23)15-5-3-10-18(15)30-11-4-12-31-18;1-12(2,17)7-8-18-9-10-3-5-11(6-4-10)13(14,15)16;1-11-4-6-12(7-5-11)10-15-9-8-13(2,3)14;1-5(2)3-6(8(12,13)14)15-4-7(9,10)11/h2,6-9,15-16H,1,3-5,10-12H2,(H,26,27);3-6,17H,7-9H2,1-2H3;4-7,14H,8-10H2,1-3H3;6H,1,3-4H2,2H3. The third kappa shape index (κ3) is 27.0. The van der Waals surface area contributed by atoms with Crippen LogP contribution in [-0.4, -0.2) is 111 Å². The van der Waals surface area contributed by atoms with Gasteiger partial charge in [0.15, 0.2) is 18.0 Å². The van der Waals surface area contributed by atoms with E-state index in [1.165, 1.54) is 60.5 Å². The van der Waals surface area contributed by atoms with Crippen LogP contribution < -0.4 is 5.32 Å². The maximum atomic E-state index is 14.5. The molecule has 2 aliphatic rings. The molecular formula is C54H69F14NO11S. The Kier molecular flexibility index (Phi) is 27.4. The number of aliphatic hydroxyl groups is 2. The van der Waals surface area contributed by atoms with Gasteiger partial charge in [-0.05, 0) is 115 Å². The van der Waals surface area contributed by atoms with Gasteiger partial charge in [-0.25, -0.2) is 0 Å². The molecule has 460 valence electrons. The first kappa shape index (κ1) is 72.4. The minimum atomic E-state index is -6.36. The third-order valence-electron chi connectivity index (χ3n) is 11.5. The van der Waals surface area contributed by atoms with Crippen LogP contribution in [0.4, 0.5) is 67.2 Å². The highest BCUT2D eigenvalue weighted by atomic mass is 32.2. The van der Waals surface area contributed by atoms with Crippen LogP contribution in [0, 0.1) is 12.8 Å². The molecule has 0 bridgehead atoms. The molecule has 1 heterocycles. The molecule has 3 atom stereocenters. The summed E-state index contributed by atoms with van der Waals surface area (Å²) in [5.74, 6) is -5.86. The van der Waals surface area contributed by atoms with E-state index < -0.39 is 99.7 Å². The molecular weight excluding hydrogens is 1140 g/mol. The summed E-state index contributed by atoms with van der Waals surface area (Å²) in [4.78, 5) is 12.0. The average molecular weight is 1210 g/mol. The van der Waals surface area contributed by atoms with Gasteiger partial charge in [-0.15, -0.1) is 6.58 Å². The van der Waals surface area contributed by atoms with Gasteiger partial charge in [0.2, 0.25) is 0 Å². The van der Waals surface area contributed by atoms with Crippen molar-refractivity contribution in [3.05, 3.63) is 119 Å². The van der Waals surface area contributed by atoms with E-state index in [9.17, 15) is 84.9 Å². The minimum Gasteiger partial charge on any atom is -0.390 e. The Morgan fingerprint density at radius 2 is 1.23 bits per heavy atom. The Hall–Kier alpha value is -4.74. The molecule has 3 aromatic rings. The van der Waals surface area contributed by atoms with Gasteiger partial charge in [0.25, 0.3) is 0 Å². The van der Waals surface area contributed by atoms with Gasteiger partial charge in [-0.1, -0.05) is 72.3 Å². The van der Waals surface area contributed by atoms with Crippen molar-refractivity contribution >= 4 is 27.8 Å². The maximum absolute atomic E-state index is 14.5.